The van der Waals surface area contributed by atoms with Crippen molar-refractivity contribution in [2.24, 2.45) is 15.9 Å². The van der Waals surface area contributed by atoms with Crippen LogP contribution in [0.3, 0.4) is 0 Å². The van der Waals surface area contributed by atoms with Gasteiger partial charge >= 0.3 is 71.2 Å². The molecule has 0 spiro atoms. The first-order chi connectivity index (χ1) is 19.2. The average molecular weight is 661 g/mol. The Morgan fingerprint density at radius 3 is 2.49 bits per heavy atom. The molecule has 3 heterocycles. The molecule has 3 fully saturated rings. The molecule has 5 N–H and O–H groups in total. The van der Waals surface area contributed by atoms with Crippen molar-refractivity contribution in [1.82, 2.24) is 25.6 Å². The largest absolute Gasteiger partial charge is 1.00 e. The van der Waals surface area contributed by atoms with Crippen LogP contribution >= 0.6 is 11.8 Å². The summed E-state index contributed by atoms with van der Waals surface area (Å²) >= 11 is 0.561. The van der Waals surface area contributed by atoms with Gasteiger partial charge in [0.05, 0.1) is 31.5 Å². The minimum atomic E-state index is -5.53. The van der Waals surface area contributed by atoms with Gasteiger partial charge in [-0.25, -0.2) is 32.8 Å². The van der Waals surface area contributed by atoms with E-state index in [1.54, 1.807) is 0 Å². The van der Waals surface area contributed by atoms with Crippen LogP contribution in [-0.2, 0) is 24.5 Å². The van der Waals surface area contributed by atoms with E-state index in [0.29, 0.717) is 17.8 Å². The predicted octanol–water partition coefficient (Wildman–Crippen LogP) is -9.65. The summed E-state index contributed by atoms with van der Waals surface area (Å²) in [7, 11) is -5.53. The number of nitrogens with zero attached hydrogens (tertiary/aromatic N) is 5. The zero-order valence-corrected chi connectivity index (χ0v) is 28.0. The fourth-order valence-corrected chi connectivity index (χ4v) is 6.86. The van der Waals surface area contributed by atoms with Crippen molar-refractivity contribution in [3.8, 4) is 5.75 Å². The number of β-lactam (4-membered cyclic amide) rings is 1. The molecular formula is C20H19FN8Na2O10S2. The van der Waals surface area contributed by atoms with Crippen molar-refractivity contribution < 1.29 is 111 Å². The maximum absolute atomic E-state index is 14.3. The number of carbonyl (C=O) groups excluding carboxylic acids is 5. The van der Waals surface area contributed by atoms with E-state index in [4.69, 9.17) is 5.73 Å². The summed E-state index contributed by atoms with van der Waals surface area (Å²) in [6.45, 7) is -0.808. The molecule has 3 aliphatic rings. The second-order valence-electron chi connectivity index (χ2n) is 8.69. The molecule has 0 saturated carbocycles. The number of aromatic hydroxyl groups is 1. The van der Waals surface area contributed by atoms with E-state index in [1.807, 2.05) is 5.43 Å². The Labute approximate surface area is 290 Å². The van der Waals surface area contributed by atoms with E-state index in [0.717, 1.165) is 39.4 Å². The molecule has 4 atom stereocenters. The smallest absolute Gasteiger partial charge is 0.747 e. The number of aliphatic carboxylic acids is 1. The minimum Gasteiger partial charge on any atom is -0.747 e. The Hall–Kier alpha value is -2.50. The summed E-state index contributed by atoms with van der Waals surface area (Å²) in [5, 5.41) is 28.0. The molecule has 18 nitrogen and oxygen atoms in total. The first kappa shape index (κ1) is 36.7. The molecule has 0 aromatic heterocycles. The summed E-state index contributed by atoms with van der Waals surface area (Å²) in [5.74, 6) is -6.13. The minimum absolute atomic E-state index is 0. The molecule has 1 aromatic carbocycles. The molecule has 3 saturated heterocycles. The second kappa shape index (κ2) is 14.1. The van der Waals surface area contributed by atoms with Gasteiger partial charge in [-0.3, -0.25) is 14.5 Å². The number of carboxylic acids is 1. The van der Waals surface area contributed by atoms with Crippen molar-refractivity contribution >= 4 is 64.2 Å². The van der Waals surface area contributed by atoms with Crippen LogP contribution in [0.4, 0.5) is 14.0 Å². The molecule has 1 aromatic rings. The van der Waals surface area contributed by atoms with E-state index >= 15 is 0 Å². The van der Waals surface area contributed by atoms with Gasteiger partial charge in [0.15, 0.2) is 5.25 Å². The predicted molar refractivity (Wildman–Crippen MR) is 132 cm³/mol. The van der Waals surface area contributed by atoms with Crippen molar-refractivity contribution in [1.29, 1.82) is 0 Å². The van der Waals surface area contributed by atoms with Crippen molar-refractivity contribution in [3.63, 3.8) is 0 Å². The number of thioether (sulfide) groups is 1. The van der Waals surface area contributed by atoms with Crippen LogP contribution in [0, 0.1) is 5.82 Å². The maximum atomic E-state index is 14.3. The van der Waals surface area contributed by atoms with Crippen LogP contribution in [0.15, 0.2) is 28.4 Å². The molecular weight excluding hydrogens is 641 g/mol. The number of halogens is 1. The first-order valence-corrected chi connectivity index (χ1v) is 13.7. The van der Waals surface area contributed by atoms with Gasteiger partial charge in [-0.2, -0.15) is 10.2 Å². The fourth-order valence-electron chi connectivity index (χ4n) is 4.39. The molecule has 0 radical (unpaired) electrons. The van der Waals surface area contributed by atoms with Crippen LogP contribution < -0.4 is 80.7 Å². The number of primary amides is 1. The van der Waals surface area contributed by atoms with Gasteiger partial charge in [-0.1, -0.05) is 17.8 Å². The van der Waals surface area contributed by atoms with Gasteiger partial charge in [0.1, 0.15) is 38.0 Å². The van der Waals surface area contributed by atoms with Crippen LogP contribution in [0.2, 0.25) is 0 Å². The second-order valence-corrected chi connectivity index (χ2v) is 11.5. The van der Waals surface area contributed by atoms with Gasteiger partial charge in [0, 0.05) is 18.2 Å². The maximum Gasteiger partial charge on any atom is 1.00 e. The van der Waals surface area contributed by atoms with E-state index in [-0.39, 0.29) is 72.2 Å². The van der Waals surface area contributed by atoms with Crippen LogP contribution in [0.25, 0.3) is 0 Å². The Bertz CT molecular complexity index is 1500. The molecule has 6 amide bonds. The number of nitrogens with two attached hydrogens (primary N) is 1. The Morgan fingerprint density at radius 2 is 1.91 bits per heavy atom. The Kier molecular flexibility index (Phi) is 12.0. The third-order valence-corrected chi connectivity index (χ3v) is 8.92. The zero-order valence-electron chi connectivity index (χ0n) is 22.4. The van der Waals surface area contributed by atoms with Crippen molar-refractivity contribution in [2.75, 3.05) is 19.6 Å². The fraction of sp³-hybridized carbons (Fsp3) is 0.350. The standard InChI is InChI=1S/C20H21FN8O10S2.2Na/c21-11-7-9(30)1-2-10(11)13(41(37,38)39)14(31)25-12-15(32)27-8-20(17(33)34,40-16(12)27)28-5-6-29(19(28)36)24-4-3-23-26-18(22)35;;/h1-4,7,12-13,16,30H,5-6,8H2,(H,25,31)(H,33,34)(H3,22,26,35)(H,37,38,39);;/q;2*+1/p-2/b23-3+,24-4+;;/t12-,13-,16-,20-;;/m1../s1. The number of hydrogen-bond acceptors (Lipinski definition) is 13. The van der Waals surface area contributed by atoms with E-state index in [9.17, 15) is 51.5 Å². The number of urea groups is 2. The Balaban J connectivity index is 0.00000323. The number of hydrazone groups is 2. The monoisotopic (exact) mass is 660 g/mol. The number of carbonyl (C=O) groups is 5. The molecule has 0 bridgehead atoms. The summed E-state index contributed by atoms with van der Waals surface area (Å²) in [6, 6.07) is -1.30. The summed E-state index contributed by atoms with van der Waals surface area (Å²) in [6.07, 6.45) is 2.02. The van der Waals surface area contributed by atoms with Gasteiger partial charge < -0.3 is 35.5 Å². The molecule has 23 heteroatoms. The molecule has 4 rings (SSSR count). The molecule has 220 valence electrons. The van der Waals surface area contributed by atoms with E-state index in [1.165, 1.54) is 0 Å². The number of benzene rings is 1. The molecule has 0 unspecified atom stereocenters. The van der Waals surface area contributed by atoms with Crippen LogP contribution in [0.5, 0.6) is 5.75 Å². The van der Waals surface area contributed by atoms with Gasteiger partial charge in [-0.15, -0.1) is 0 Å². The van der Waals surface area contributed by atoms with E-state index < -0.39 is 85.2 Å². The SMILES string of the molecule is NC(=O)N/N=C/C=N/N1CCN([C@]2(C(=O)[O-])CN3C(=O)[C@@H](NC(=O)[C@@H](c4ccc(O)cc4F)S(=O)(=O)[O-])[C@H]3S2)C1=O.[Na+].[Na+]. The van der Waals surface area contributed by atoms with Gasteiger partial charge in [0.25, 0.3) is 0 Å². The quantitative estimate of drug-likeness (QED) is 0.0635. The number of amides is 6. The summed E-state index contributed by atoms with van der Waals surface area (Å²) < 4.78 is 49.9. The first-order valence-electron chi connectivity index (χ1n) is 11.3. The van der Waals surface area contributed by atoms with E-state index in [2.05, 4.69) is 15.5 Å². The summed E-state index contributed by atoms with van der Waals surface area (Å²) in [4.78, 5) is 61.2. The number of fused-ring (bicyclic) bond motifs is 1. The van der Waals surface area contributed by atoms with Crippen LogP contribution in [0.1, 0.15) is 10.8 Å². The van der Waals surface area contributed by atoms with Crippen LogP contribution in [-0.4, -0.2) is 111 Å². The number of hydrogen-bond donors (Lipinski definition) is 4. The topological polar surface area (TPSA) is 270 Å². The van der Waals surface area contributed by atoms with Crippen molar-refractivity contribution in [2.45, 2.75) is 21.5 Å². The third-order valence-electron chi connectivity index (χ3n) is 6.20. The summed E-state index contributed by atoms with van der Waals surface area (Å²) in [5.41, 5.74) is 5.85. The molecule has 43 heavy (non-hydrogen) atoms. The Morgan fingerprint density at radius 1 is 1.23 bits per heavy atom. The number of nitrogens with one attached hydrogen (secondary N) is 2. The molecule has 3 aliphatic heterocycles. The zero-order chi connectivity index (χ0) is 30.3. The normalized spacial score (nSPS) is 23.8. The molecule has 0 aliphatic carbocycles. The van der Waals surface area contributed by atoms with Crippen molar-refractivity contribution in [3.05, 3.63) is 29.6 Å². The van der Waals surface area contributed by atoms with Gasteiger partial charge in [0.2, 0.25) is 11.8 Å². The average Bonchev–Trinajstić information content (AvgIpc) is 3.42. The van der Waals surface area contributed by atoms with Gasteiger partial charge in [-0.05, 0) is 6.07 Å². The number of rotatable bonds is 9. The third kappa shape index (κ3) is 7.26. The number of carboxylic acid groups (broad SMARTS) is 1. The number of phenols is 1. The number of phenolic OH excluding ortho intramolecular Hbond substituents is 1.